The van der Waals surface area contributed by atoms with Crippen LogP contribution < -0.4 is 0 Å². The first kappa shape index (κ1) is 9.73. The van der Waals surface area contributed by atoms with Crippen LogP contribution in [-0.2, 0) is 0 Å². The highest BCUT2D eigenvalue weighted by molar-refractivity contribution is 14.1. The highest BCUT2D eigenvalue weighted by Gasteiger charge is 2.10. The summed E-state index contributed by atoms with van der Waals surface area (Å²) in [5.41, 5.74) is 0. The number of halogens is 2. The van der Waals surface area contributed by atoms with E-state index in [1.807, 2.05) is 17.7 Å². The highest BCUT2D eigenvalue weighted by atomic mass is 127. The Morgan fingerprint density at radius 2 is 2.31 bits per heavy atom. The van der Waals surface area contributed by atoms with Crippen LogP contribution in [0.5, 0.6) is 0 Å². The zero-order chi connectivity index (χ0) is 9.42. The molecule has 13 heavy (non-hydrogen) atoms. The molecule has 2 aromatic rings. The van der Waals surface area contributed by atoms with E-state index in [1.165, 1.54) is 4.70 Å². The maximum Gasteiger partial charge on any atom is 0.138 e. The SMILES string of the molecule is CSc1c(I)c(F)cc2ccsc12. The van der Waals surface area contributed by atoms with Gasteiger partial charge in [-0.2, -0.15) is 0 Å². The van der Waals surface area contributed by atoms with Crippen molar-refractivity contribution < 1.29 is 4.39 Å². The summed E-state index contributed by atoms with van der Waals surface area (Å²) in [6.45, 7) is 0. The van der Waals surface area contributed by atoms with E-state index >= 15 is 0 Å². The lowest BCUT2D eigenvalue weighted by atomic mass is 10.2. The largest absolute Gasteiger partial charge is 0.206 e. The zero-order valence-electron chi connectivity index (χ0n) is 6.80. The lowest BCUT2D eigenvalue weighted by Crippen LogP contribution is -1.85. The lowest BCUT2D eigenvalue weighted by Gasteiger charge is -2.03. The van der Waals surface area contributed by atoms with Crippen molar-refractivity contribution in [1.29, 1.82) is 0 Å². The molecule has 0 amide bonds. The number of thioether (sulfide) groups is 1. The first-order valence-electron chi connectivity index (χ1n) is 3.63. The molecule has 0 spiro atoms. The summed E-state index contributed by atoms with van der Waals surface area (Å²) in [5.74, 6) is -0.115. The molecular weight excluding hydrogens is 318 g/mol. The molecule has 68 valence electrons. The highest BCUT2D eigenvalue weighted by Crippen LogP contribution is 2.36. The van der Waals surface area contributed by atoms with E-state index in [9.17, 15) is 4.39 Å². The second-order valence-corrected chi connectivity index (χ2v) is 5.36. The fourth-order valence-electron chi connectivity index (χ4n) is 1.21. The van der Waals surface area contributed by atoms with Crippen LogP contribution in [-0.4, -0.2) is 6.26 Å². The van der Waals surface area contributed by atoms with Gasteiger partial charge in [-0.3, -0.25) is 0 Å². The Bertz CT molecular complexity index is 450. The van der Waals surface area contributed by atoms with E-state index in [4.69, 9.17) is 0 Å². The van der Waals surface area contributed by atoms with Crippen LogP contribution in [0.25, 0.3) is 10.1 Å². The molecule has 1 aromatic heterocycles. The first-order chi connectivity index (χ1) is 6.24. The number of benzene rings is 1. The van der Waals surface area contributed by atoms with Gasteiger partial charge in [-0.15, -0.1) is 23.1 Å². The molecule has 0 unspecified atom stereocenters. The van der Waals surface area contributed by atoms with Crippen LogP contribution in [0.3, 0.4) is 0 Å². The number of fused-ring (bicyclic) bond motifs is 1. The molecule has 0 aliphatic heterocycles. The van der Waals surface area contributed by atoms with Gasteiger partial charge in [0.15, 0.2) is 0 Å². The Morgan fingerprint density at radius 3 is 3.00 bits per heavy atom. The van der Waals surface area contributed by atoms with Crippen molar-refractivity contribution >= 4 is 55.8 Å². The summed E-state index contributed by atoms with van der Waals surface area (Å²) < 4.78 is 15.3. The van der Waals surface area contributed by atoms with E-state index in [0.29, 0.717) is 0 Å². The molecule has 1 heterocycles. The third kappa shape index (κ3) is 1.59. The fraction of sp³-hybridized carbons (Fsp3) is 0.111. The molecule has 0 fully saturated rings. The van der Waals surface area contributed by atoms with E-state index in [0.717, 1.165) is 13.9 Å². The van der Waals surface area contributed by atoms with Gasteiger partial charge >= 0.3 is 0 Å². The van der Waals surface area contributed by atoms with Crippen molar-refractivity contribution in [3.05, 3.63) is 26.9 Å². The summed E-state index contributed by atoms with van der Waals surface area (Å²) >= 11 is 5.34. The van der Waals surface area contributed by atoms with E-state index < -0.39 is 0 Å². The van der Waals surface area contributed by atoms with E-state index in [2.05, 4.69) is 22.6 Å². The average molecular weight is 324 g/mol. The number of hydrogen-bond acceptors (Lipinski definition) is 2. The molecule has 4 heteroatoms. The molecule has 2 rings (SSSR count). The van der Waals surface area contributed by atoms with Gasteiger partial charge in [-0.05, 0) is 51.7 Å². The van der Waals surface area contributed by atoms with Crippen molar-refractivity contribution in [2.24, 2.45) is 0 Å². The third-order valence-corrected chi connectivity index (χ3v) is 5.11. The second kappa shape index (κ2) is 3.74. The minimum absolute atomic E-state index is 0.115. The van der Waals surface area contributed by atoms with Gasteiger partial charge in [-0.25, -0.2) is 4.39 Å². The summed E-state index contributed by atoms with van der Waals surface area (Å²) in [6, 6.07) is 3.56. The summed E-state index contributed by atoms with van der Waals surface area (Å²) in [5, 5.41) is 3.01. The minimum atomic E-state index is -0.115. The normalized spacial score (nSPS) is 11.0. The molecule has 0 bridgehead atoms. The Kier molecular flexibility index (Phi) is 2.80. The molecule has 0 aliphatic carbocycles. The molecule has 0 aliphatic rings. The molecule has 0 atom stereocenters. The molecule has 0 radical (unpaired) electrons. The van der Waals surface area contributed by atoms with Gasteiger partial charge in [0.05, 0.1) is 3.57 Å². The number of thiophene rings is 1. The summed E-state index contributed by atoms with van der Waals surface area (Å²) in [4.78, 5) is 1.06. The van der Waals surface area contributed by atoms with Crippen LogP contribution >= 0.6 is 45.7 Å². The maximum absolute atomic E-state index is 13.4. The van der Waals surface area contributed by atoms with Crippen molar-refractivity contribution in [2.75, 3.05) is 6.26 Å². The number of rotatable bonds is 1. The van der Waals surface area contributed by atoms with Crippen LogP contribution in [0.2, 0.25) is 0 Å². The second-order valence-electron chi connectivity index (χ2n) is 2.54. The Labute approximate surface area is 97.7 Å². The van der Waals surface area contributed by atoms with E-state index in [1.54, 1.807) is 29.2 Å². The molecule has 0 saturated carbocycles. The zero-order valence-corrected chi connectivity index (χ0v) is 10.6. The van der Waals surface area contributed by atoms with Crippen LogP contribution in [0.4, 0.5) is 4.39 Å². The average Bonchev–Trinajstić information content (AvgIpc) is 2.54. The van der Waals surface area contributed by atoms with Crippen LogP contribution in [0, 0.1) is 9.39 Å². The maximum atomic E-state index is 13.4. The van der Waals surface area contributed by atoms with Crippen molar-refractivity contribution in [2.45, 2.75) is 4.90 Å². The van der Waals surface area contributed by atoms with Crippen LogP contribution in [0.15, 0.2) is 22.4 Å². The van der Waals surface area contributed by atoms with Gasteiger partial charge < -0.3 is 0 Å². The third-order valence-electron chi connectivity index (χ3n) is 1.80. The van der Waals surface area contributed by atoms with Gasteiger partial charge in [0, 0.05) is 9.60 Å². The molecule has 1 aromatic carbocycles. The Hall–Kier alpha value is 0.190. The molecule has 0 saturated heterocycles. The summed E-state index contributed by atoms with van der Waals surface area (Å²) in [7, 11) is 0. The van der Waals surface area contributed by atoms with E-state index in [-0.39, 0.29) is 5.82 Å². The van der Waals surface area contributed by atoms with Crippen LogP contribution in [0.1, 0.15) is 0 Å². The Morgan fingerprint density at radius 1 is 1.54 bits per heavy atom. The summed E-state index contributed by atoms with van der Waals surface area (Å²) in [6.07, 6.45) is 1.98. The number of hydrogen-bond donors (Lipinski definition) is 0. The fourth-order valence-corrected chi connectivity index (χ4v) is 4.27. The molecule has 0 nitrogen and oxygen atoms in total. The van der Waals surface area contributed by atoms with Gasteiger partial charge in [0.25, 0.3) is 0 Å². The first-order valence-corrected chi connectivity index (χ1v) is 6.81. The van der Waals surface area contributed by atoms with Crippen molar-refractivity contribution in [1.82, 2.24) is 0 Å². The van der Waals surface area contributed by atoms with Gasteiger partial charge in [-0.1, -0.05) is 0 Å². The Balaban J connectivity index is 2.87. The van der Waals surface area contributed by atoms with Gasteiger partial charge in [0.1, 0.15) is 5.82 Å². The minimum Gasteiger partial charge on any atom is -0.206 e. The standard InChI is InChI=1S/C9H6FIS2/c1-12-9-7(11)6(10)4-5-2-3-13-8(5)9/h2-4H,1H3. The molecule has 0 N–H and O–H groups in total. The van der Waals surface area contributed by atoms with Gasteiger partial charge in [0.2, 0.25) is 0 Å². The lowest BCUT2D eigenvalue weighted by molar-refractivity contribution is 0.618. The molecular formula is C9H6FIS2. The smallest absolute Gasteiger partial charge is 0.138 e. The topological polar surface area (TPSA) is 0 Å². The van der Waals surface area contributed by atoms with Crippen molar-refractivity contribution in [3.63, 3.8) is 0 Å². The quantitative estimate of drug-likeness (QED) is 0.555. The predicted molar refractivity (Wildman–Crippen MR) is 66.3 cm³/mol. The monoisotopic (exact) mass is 324 g/mol. The van der Waals surface area contributed by atoms with Crippen molar-refractivity contribution in [3.8, 4) is 0 Å². The predicted octanol–water partition coefficient (Wildman–Crippen LogP) is 4.37.